The fourth-order valence-corrected chi connectivity index (χ4v) is 5.06. The Bertz CT molecular complexity index is 1440. The van der Waals surface area contributed by atoms with E-state index in [2.05, 4.69) is 24.8 Å². The largest absolute Gasteiger partial charge is 0.480 e. The number of hydrogen-bond donors (Lipinski definition) is 1. The van der Waals surface area contributed by atoms with E-state index in [4.69, 9.17) is 22.1 Å². The van der Waals surface area contributed by atoms with Gasteiger partial charge in [-0.25, -0.2) is 15.0 Å². The molecule has 0 atom stereocenters. The molecule has 2 aliphatic rings. The van der Waals surface area contributed by atoms with Crippen molar-refractivity contribution in [3.63, 3.8) is 0 Å². The van der Waals surface area contributed by atoms with E-state index in [1.807, 2.05) is 6.07 Å². The summed E-state index contributed by atoms with van der Waals surface area (Å²) >= 11 is 6.58. The number of aryl methyl sites for hydroxylation is 1. The first-order valence-electron chi connectivity index (χ1n) is 12.1. The van der Waals surface area contributed by atoms with E-state index in [1.54, 1.807) is 26.3 Å². The van der Waals surface area contributed by atoms with Crippen molar-refractivity contribution in [1.29, 1.82) is 0 Å². The summed E-state index contributed by atoms with van der Waals surface area (Å²) < 4.78 is 46.3. The lowest BCUT2D eigenvalue weighted by molar-refractivity contribution is -0.140. The summed E-state index contributed by atoms with van der Waals surface area (Å²) in [7, 11) is 4.81. The maximum Gasteiger partial charge on any atom is 0.434 e. The van der Waals surface area contributed by atoms with Gasteiger partial charge in [0.15, 0.2) is 5.69 Å². The summed E-state index contributed by atoms with van der Waals surface area (Å²) in [6.45, 7) is 1.12. The number of rotatable bonds is 5. The zero-order chi connectivity index (χ0) is 27.2. The molecule has 3 heterocycles. The van der Waals surface area contributed by atoms with Crippen molar-refractivity contribution in [1.82, 2.24) is 19.5 Å². The van der Waals surface area contributed by atoms with Crippen molar-refractivity contribution in [3.8, 4) is 17.3 Å². The molecule has 0 bridgehead atoms. The van der Waals surface area contributed by atoms with Crippen LogP contribution in [0.4, 0.5) is 18.9 Å². The summed E-state index contributed by atoms with van der Waals surface area (Å²) in [5.41, 5.74) is 10.9. The van der Waals surface area contributed by atoms with Gasteiger partial charge in [-0.1, -0.05) is 11.6 Å². The Morgan fingerprint density at radius 1 is 1.24 bits per heavy atom. The fraction of sp³-hybridized carbons (Fsp3) is 0.385. The Kier molecular flexibility index (Phi) is 6.81. The molecule has 1 saturated heterocycles. The van der Waals surface area contributed by atoms with Gasteiger partial charge in [0.05, 0.1) is 29.1 Å². The number of nitrogens with zero attached hydrogens (tertiary/aromatic N) is 6. The lowest BCUT2D eigenvalue weighted by Gasteiger charge is -2.33. The summed E-state index contributed by atoms with van der Waals surface area (Å²) in [5, 5.41) is 0.299. The maximum absolute atomic E-state index is 13.2. The Hall–Kier alpha value is -3.60. The number of benzene rings is 1. The van der Waals surface area contributed by atoms with Gasteiger partial charge in [-0.2, -0.15) is 13.2 Å². The third-order valence-corrected chi connectivity index (χ3v) is 7.22. The highest BCUT2D eigenvalue weighted by Crippen LogP contribution is 2.44. The monoisotopic (exact) mass is 545 g/mol. The highest BCUT2D eigenvalue weighted by Gasteiger charge is 2.35. The van der Waals surface area contributed by atoms with Gasteiger partial charge in [-0.15, -0.1) is 0 Å². The number of methoxy groups -OCH3 is 1. The molecule has 2 fully saturated rings. The van der Waals surface area contributed by atoms with Crippen LogP contribution in [0, 0.1) is 0 Å². The zero-order valence-electron chi connectivity index (χ0n) is 21.2. The van der Waals surface area contributed by atoms with Crippen molar-refractivity contribution >= 4 is 28.7 Å². The second kappa shape index (κ2) is 9.94. The molecule has 1 aliphatic heterocycles. The minimum atomic E-state index is -4.54. The van der Waals surface area contributed by atoms with Crippen LogP contribution < -0.4 is 15.4 Å². The van der Waals surface area contributed by atoms with Crippen molar-refractivity contribution < 1.29 is 17.9 Å². The van der Waals surface area contributed by atoms with E-state index in [1.165, 1.54) is 17.9 Å². The van der Waals surface area contributed by atoms with Crippen molar-refractivity contribution in [2.75, 3.05) is 32.1 Å². The number of piperidine rings is 1. The fourth-order valence-electron chi connectivity index (χ4n) is 4.80. The summed E-state index contributed by atoms with van der Waals surface area (Å²) in [6, 6.07) is 5.25. The molecule has 0 amide bonds. The topological polar surface area (TPSA) is 94.5 Å². The number of imidazole rings is 1. The Morgan fingerprint density at radius 2 is 2.00 bits per heavy atom. The number of nitrogens with two attached hydrogens (primary N) is 1. The normalized spacial score (nSPS) is 18.7. The van der Waals surface area contributed by atoms with E-state index in [9.17, 15) is 13.2 Å². The Morgan fingerprint density at radius 3 is 2.61 bits per heavy atom. The Balaban J connectivity index is 1.50. The van der Waals surface area contributed by atoms with Crippen LogP contribution in [0.15, 0.2) is 41.3 Å². The molecule has 2 N–H and O–H groups in total. The number of aromatic nitrogens is 4. The molecule has 8 nitrogen and oxygen atoms in total. The molecule has 1 saturated carbocycles. The molecule has 200 valence electrons. The number of anilines is 1. The maximum atomic E-state index is 13.2. The highest BCUT2D eigenvalue weighted by molar-refractivity contribution is 6.33. The van der Waals surface area contributed by atoms with Gasteiger partial charge >= 0.3 is 6.18 Å². The third kappa shape index (κ3) is 4.82. The van der Waals surface area contributed by atoms with Gasteiger partial charge in [0.2, 0.25) is 5.88 Å². The van der Waals surface area contributed by atoms with E-state index < -0.39 is 11.9 Å². The predicted molar refractivity (Wildman–Crippen MR) is 141 cm³/mol. The number of hydrogen-bond acceptors (Lipinski definition) is 7. The van der Waals surface area contributed by atoms with Crippen LogP contribution >= 0.6 is 11.6 Å². The molecule has 1 aliphatic carbocycles. The quantitative estimate of drug-likeness (QED) is 0.480. The average molecular weight is 546 g/mol. The minimum absolute atomic E-state index is 0.140. The zero-order valence-corrected chi connectivity index (χ0v) is 21.9. The SMILES string of the molecule is CN=C1CCN(c2ccc(-c3nc(C(F)(F)F)cn3C)c(Cl)c2)C/C1=C(/N)c1c(OC)ncnc1C1CC1. The van der Waals surface area contributed by atoms with Crippen LogP contribution in [0.25, 0.3) is 17.1 Å². The minimum Gasteiger partial charge on any atom is -0.480 e. The van der Waals surface area contributed by atoms with Crippen molar-refractivity contribution in [2.24, 2.45) is 17.8 Å². The highest BCUT2D eigenvalue weighted by atomic mass is 35.5. The first-order chi connectivity index (χ1) is 18.1. The molecule has 2 aromatic heterocycles. The van der Waals surface area contributed by atoms with Crippen LogP contribution in [0.5, 0.6) is 5.88 Å². The lowest BCUT2D eigenvalue weighted by atomic mass is 9.95. The van der Waals surface area contributed by atoms with Gasteiger partial charge in [0.1, 0.15) is 12.2 Å². The van der Waals surface area contributed by atoms with Crippen LogP contribution in [-0.2, 0) is 13.2 Å². The van der Waals surface area contributed by atoms with E-state index in [0.717, 1.165) is 41.7 Å². The molecular weight excluding hydrogens is 519 g/mol. The van der Waals surface area contributed by atoms with Gasteiger partial charge in [0, 0.05) is 68.3 Å². The molecule has 38 heavy (non-hydrogen) atoms. The molecule has 5 rings (SSSR count). The van der Waals surface area contributed by atoms with Gasteiger partial charge in [0.25, 0.3) is 0 Å². The molecule has 0 spiro atoms. The standard InChI is InChI=1S/C26H27ClF3N7O/c1-32-19-8-9-37(11-17(19)22(31)21-23(14-4-5-14)33-13-34-25(21)38-3)15-6-7-16(18(27)10-15)24-35-20(12-36(24)2)26(28,29)30/h6-7,10,12-14H,4-5,8-9,11,31H2,1-3H3/b22-17-,32-19?. The molecule has 0 radical (unpaired) electrons. The lowest BCUT2D eigenvalue weighted by Crippen LogP contribution is -2.37. The summed E-state index contributed by atoms with van der Waals surface area (Å²) in [4.78, 5) is 19.2. The van der Waals surface area contributed by atoms with Crippen molar-refractivity contribution in [2.45, 2.75) is 31.4 Å². The van der Waals surface area contributed by atoms with Gasteiger partial charge in [-0.05, 0) is 31.0 Å². The number of ether oxygens (including phenoxy) is 1. The van der Waals surface area contributed by atoms with E-state index in [-0.39, 0.29) is 5.82 Å². The van der Waals surface area contributed by atoms with Gasteiger partial charge in [-0.3, -0.25) is 4.99 Å². The number of halogens is 4. The van der Waals surface area contributed by atoms with Gasteiger partial charge < -0.3 is 19.9 Å². The average Bonchev–Trinajstić information content (AvgIpc) is 3.67. The molecule has 1 aromatic carbocycles. The molecular formula is C26H27ClF3N7O. The first-order valence-corrected chi connectivity index (χ1v) is 12.5. The number of aliphatic imine (C=N–C) groups is 1. The van der Waals surface area contributed by atoms with Crippen LogP contribution in [0.2, 0.25) is 5.02 Å². The van der Waals surface area contributed by atoms with Crippen LogP contribution in [0.3, 0.4) is 0 Å². The predicted octanol–water partition coefficient (Wildman–Crippen LogP) is 5.09. The van der Waals surface area contributed by atoms with E-state index >= 15 is 0 Å². The molecule has 12 heteroatoms. The van der Waals surface area contributed by atoms with E-state index in [0.29, 0.717) is 53.2 Å². The third-order valence-electron chi connectivity index (χ3n) is 6.90. The van der Waals surface area contributed by atoms with Crippen LogP contribution in [-0.4, -0.2) is 52.5 Å². The second-order valence-corrected chi connectivity index (χ2v) is 9.78. The summed E-state index contributed by atoms with van der Waals surface area (Å²) in [6.07, 6.45) is 0.647. The molecule has 0 unspecified atom stereocenters. The second-order valence-electron chi connectivity index (χ2n) is 9.37. The number of alkyl halides is 3. The first kappa shape index (κ1) is 26.0. The summed E-state index contributed by atoms with van der Waals surface area (Å²) in [5.74, 6) is 0.903. The van der Waals surface area contributed by atoms with Crippen molar-refractivity contribution in [3.05, 3.63) is 58.3 Å². The molecule has 3 aromatic rings. The smallest absolute Gasteiger partial charge is 0.434 e. The Labute approximate surface area is 223 Å². The van der Waals surface area contributed by atoms with Crippen LogP contribution in [0.1, 0.15) is 42.1 Å².